The molecule has 0 aromatic carbocycles. The molecule has 6 nitrogen and oxygen atoms in total. The van der Waals surface area contributed by atoms with Gasteiger partial charge < -0.3 is 10.1 Å². The number of aromatic nitrogens is 3. The number of anilines is 1. The lowest BCUT2D eigenvalue weighted by Gasteiger charge is -1.99. The van der Waals surface area contributed by atoms with E-state index < -0.39 is 0 Å². The number of nitrogens with one attached hydrogen (secondary N) is 1. The summed E-state index contributed by atoms with van der Waals surface area (Å²) >= 11 is 3.17. The minimum atomic E-state index is -0.150. The van der Waals surface area contributed by atoms with Crippen LogP contribution in [0.1, 0.15) is 5.69 Å². The molecule has 3 heterocycles. The van der Waals surface area contributed by atoms with Gasteiger partial charge in [0, 0.05) is 29.4 Å². The lowest BCUT2D eigenvalue weighted by atomic mass is 10.3. The number of aryl methyl sites for hydroxylation is 1. The van der Waals surface area contributed by atoms with Crippen LogP contribution in [0.2, 0.25) is 0 Å². The quantitative estimate of drug-likeness (QED) is 0.779. The largest absolute Gasteiger partial charge is 0.481 e. The van der Waals surface area contributed by atoms with Crippen molar-refractivity contribution in [2.45, 2.75) is 6.42 Å². The van der Waals surface area contributed by atoms with Crippen molar-refractivity contribution < 1.29 is 9.53 Å². The van der Waals surface area contributed by atoms with Gasteiger partial charge in [0.2, 0.25) is 11.8 Å². The Kier molecular flexibility index (Phi) is 4.21. The van der Waals surface area contributed by atoms with E-state index >= 15 is 0 Å². The highest BCUT2D eigenvalue weighted by atomic mass is 32.1. The molecule has 114 valence electrons. The number of methoxy groups -OCH3 is 1. The molecular weight excluding hydrogens is 320 g/mol. The van der Waals surface area contributed by atoms with Crippen LogP contribution in [0, 0.1) is 0 Å². The summed E-state index contributed by atoms with van der Waals surface area (Å²) in [5.74, 6) is 0.907. The lowest BCUT2D eigenvalue weighted by Crippen LogP contribution is -2.15. The Morgan fingerprint density at radius 2 is 2.32 bits per heavy atom. The second kappa shape index (κ2) is 6.29. The summed E-state index contributed by atoms with van der Waals surface area (Å²) in [7, 11) is 3.31. The third-order valence-corrected chi connectivity index (χ3v) is 4.60. The molecule has 22 heavy (non-hydrogen) atoms. The normalized spacial score (nSPS) is 10.6. The van der Waals surface area contributed by atoms with Crippen LogP contribution in [0.5, 0.6) is 5.88 Å². The van der Waals surface area contributed by atoms with E-state index in [1.54, 1.807) is 47.6 Å². The van der Waals surface area contributed by atoms with Gasteiger partial charge in [-0.3, -0.25) is 4.79 Å². The third-order valence-electron chi connectivity index (χ3n) is 2.98. The zero-order valence-electron chi connectivity index (χ0n) is 12.1. The number of nitrogens with zero attached hydrogens (tertiary/aromatic N) is 3. The van der Waals surface area contributed by atoms with E-state index in [1.165, 1.54) is 0 Å². The Bertz CT molecular complexity index is 777. The monoisotopic (exact) mass is 334 g/mol. The first-order chi connectivity index (χ1) is 10.7. The fourth-order valence-corrected chi connectivity index (χ4v) is 3.49. The zero-order valence-corrected chi connectivity index (χ0v) is 13.7. The fraction of sp³-hybridized carbons (Fsp3) is 0.214. The van der Waals surface area contributed by atoms with Crippen molar-refractivity contribution in [3.05, 3.63) is 34.0 Å². The van der Waals surface area contributed by atoms with Crippen LogP contribution in [0.25, 0.3) is 10.6 Å². The molecule has 0 unspecified atom stereocenters. The average molecular weight is 334 g/mol. The summed E-state index contributed by atoms with van der Waals surface area (Å²) < 4.78 is 6.67. The minimum Gasteiger partial charge on any atom is -0.481 e. The molecule has 0 saturated carbocycles. The highest BCUT2D eigenvalue weighted by molar-refractivity contribution is 7.14. The van der Waals surface area contributed by atoms with E-state index in [-0.39, 0.29) is 12.3 Å². The van der Waals surface area contributed by atoms with E-state index in [2.05, 4.69) is 15.4 Å². The van der Waals surface area contributed by atoms with Gasteiger partial charge in [0.25, 0.3) is 0 Å². The Hall–Kier alpha value is -2.19. The maximum atomic E-state index is 12.1. The Morgan fingerprint density at radius 1 is 1.45 bits per heavy atom. The standard InChI is InChI=1S/C14H14N4O2S2/c1-18-13(20-2)6-11(17-18)16-12(19)5-10-8-22-14(15-10)9-3-4-21-7-9/h3-4,6-8H,5H2,1-2H3,(H,16,17,19). The minimum absolute atomic E-state index is 0.150. The third kappa shape index (κ3) is 3.18. The molecule has 0 radical (unpaired) electrons. The predicted octanol–water partition coefficient (Wildman–Crippen LogP) is 2.79. The first kappa shape index (κ1) is 14.7. The second-order valence-corrected chi connectivity index (χ2v) is 6.21. The summed E-state index contributed by atoms with van der Waals surface area (Å²) in [6, 6.07) is 3.70. The number of thiazole rings is 1. The summed E-state index contributed by atoms with van der Waals surface area (Å²) in [6.07, 6.45) is 0.222. The molecule has 1 amide bonds. The predicted molar refractivity (Wildman–Crippen MR) is 87.5 cm³/mol. The van der Waals surface area contributed by atoms with Crippen LogP contribution < -0.4 is 10.1 Å². The van der Waals surface area contributed by atoms with Crippen LogP contribution in [0.15, 0.2) is 28.3 Å². The van der Waals surface area contributed by atoms with Crippen molar-refractivity contribution in [1.29, 1.82) is 0 Å². The molecule has 0 aliphatic heterocycles. The fourth-order valence-electron chi connectivity index (χ4n) is 1.96. The van der Waals surface area contributed by atoms with E-state index in [1.807, 2.05) is 22.2 Å². The summed E-state index contributed by atoms with van der Waals surface area (Å²) in [5, 5.41) is 13.8. The molecular formula is C14H14N4O2S2. The van der Waals surface area contributed by atoms with Gasteiger partial charge in [0.05, 0.1) is 19.2 Å². The van der Waals surface area contributed by atoms with Gasteiger partial charge in [0.15, 0.2) is 5.82 Å². The molecule has 1 N–H and O–H groups in total. The van der Waals surface area contributed by atoms with Crippen molar-refractivity contribution in [2.24, 2.45) is 7.05 Å². The molecule has 0 atom stereocenters. The van der Waals surface area contributed by atoms with Crippen molar-refractivity contribution >= 4 is 34.4 Å². The van der Waals surface area contributed by atoms with Gasteiger partial charge >= 0.3 is 0 Å². The molecule has 3 rings (SSSR count). The van der Waals surface area contributed by atoms with E-state index in [0.717, 1.165) is 16.3 Å². The van der Waals surface area contributed by atoms with Crippen molar-refractivity contribution in [3.63, 3.8) is 0 Å². The Morgan fingerprint density at radius 3 is 3.00 bits per heavy atom. The van der Waals surface area contributed by atoms with Crippen molar-refractivity contribution in [2.75, 3.05) is 12.4 Å². The van der Waals surface area contributed by atoms with Crippen LogP contribution >= 0.6 is 22.7 Å². The zero-order chi connectivity index (χ0) is 15.5. The number of amides is 1. The highest BCUT2D eigenvalue weighted by Gasteiger charge is 2.12. The van der Waals surface area contributed by atoms with Crippen molar-refractivity contribution in [1.82, 2.24) is 14.8 Å². The maximum absolute atomic E-state index is 12.1. The summed E-state index contributed by atoms with van der Waals surface area (Å²) in [6.45, 7) is 0. The maximum Gasteiger partial charge on any atom is 0.231 e. The number of thiophene rings is 1. The summed E-state index contributed by atoms with van der Waals surface area (Å²) in [5.41, 5.74) is 1.85. The molecule has 0 spiro atoms. The number of carbonyl (C=O) groups excluding carboxylic acids is 1. The topological polar surface area (TPSA) is 69.0 Å². The molecule has 0 aliphatic carbocycles. The number of carbonyl (C=O) groups is 1. The van der Waals surface area contributed by atoms with E-state index in [4.69, 9.17) is 4.74 Å². The van der Waals surface area contributed by atoms with Crippen LogP contribution in [0.4, 0.5) is 5.82 Å². The van der Waals surface area contributed by atoms with Gasteiger partial charge in [0.1, 0.15) is 5.01 Å². The molecule has 0 bridgehead atoms. The SMILES string of the molecule is COc1cc(NC(=O)Cc2csc(-c3ccsc3)n2)nn1C. The molecule has 0 aliphatic rings. The lowest BCUT2D eigenvalue weighted by molar-refractivity contribution is -0.115. The average Bonchev–Trinajstić information content (AvgIpc) is 3.19. The van der Waals surface area contributed by atoms with E-state index in [0.29, 0.717) is 11.7 Å². The number of hydrogen-bond donors (Lipinski definition) is 1. The second-order valence-electron chi connectivity index (χ2n) is 4.58. The van der Waals surface area contributed by atoms with Crippen LogP contribution in [-0.4, -0.2) is 27.8 Å². The smallest absolute Gasteiger partial charge is 0.231 e. The van der Waals surface area contributed by atoms with Crippen LogP contribution in [0.3, 0.4) is 0 Å². The summed E-state index contributed by atoms with van der Waals surface area (Å²) in [4.78, 5) is 16.5. The number of rotatable bonds is 5. The first-order valence-corrected chi connectivity index (χ1v) is 8.33. The van der Waals surface area contributed by atoms with Gasteiger partial charge in [-0.05, 0) is 11.4 Å². The number of ether oxygens (including phenoxy) is 1. The molecule has 0 saturated heterocycles. The number of hydrogen-bond acceptors (Lipinski definition) is 6. The van der Waals surface area contributed by atoms with Gasteiger partial charge in [-0.1, -0.05) is 0 Å². The van der Waals surface area contributed by atoms with Gasteiger partial charge in [-0.25, -0.2) is 9.67 Å². The highest BCUT2D eigenvalue weighted by Crippen LogP contribution is 2.26. The molecule has 3 aromatic rings. The van der Waals surface area contributed by atoms with Crippen LogP contribution in [-0.2, 0) is 18.3 Å². The molecule has 0 fully saturated rings. The van der Waals surface area contributed by atoms with Crippen molar-refractivity contribution in [3.8, 4) is 16.5 Å². The Labute approximate surface area is 135 Å². The molecule has 3 aromatic heterocycles. The van der Waals surface area contributed by atoms with Gasteiger partial charge in [-0.15, -0.1) is 11.3 Å². The van der Waals surface area contributed by atoms with Gasteiger partial charge in [-0.2, -0.15) is 16.4 Å². The molecule has 8 heteroatoms. The first-order valence-electron chi connectivity index (χ1n) is 6.50. The van der Waals surface area contributed by atoms with E-state index in [9.17, 15) is 4.79 Å². The Balaban J connectivity index is 1.64.